The molecule has 1 aromatic carbocycles. The van der Waals surface area contributed by atoms with Crippen LogP contribution in [0.2, 0.25) is 0 Å². The zero-order valence-corrected chi connectivity index (χ0v) is 20.0. The molecule has 174 valence electrons. The van der Waals surface area contributed by atoms with E-state index in [2.05, 4.69) is 9.97 Å². The van der Waals surface area contributed by atoms with Crippen LogP contribution in [0.25, 0.3) is 11.1 Å². The lowest BCUT2D eigenvalue weighted by Gasteiger charge is -2.31. The third kappa shape index (κ3) is 4.73. The monoisotopic (exact) mass is 456 g/mol. The van der Waals surface area contributed by atoms with Gasteiger partial charge in [-0.15, -0.1) is 0 Å². The smallest absolute Gasteiger partial charge is 0.274 e. The largest absolute Gasteiger partial charge is 0.332 e. The maximum atomic E-state index is 13.6. The fourth-order valence-electron chi connectivity index (χ4n) is 4.14. The molecule has 0 radical (unpaired) electrons. The predicted octanol–water partition coefficient (Wildman–Crippen LogP) is 3.98. The van der Waals surface area contributed by atoms with Gasteiger partial charge < -0.3 is 9.47 Å². The van der Waals surface area contributed by atoms with Gasteiger partial charge in [-0.1, -0.05) is 29.8 Å². The van der Waals surface area contributed by atoms with Gasteiger partial charge in [-0.3, -0.25) is 19.4 Å². The molecule has 1 aliphatic heterocycles. The van der Waals surface area contributed by atoms with Crippen molar-refractivity contribution in [2.24, 2.45) is 0 Å². The summed E-state index contributed by atoms with van der Waals surface area (Å²) in [5.74, 6) is -0.235. The van der Waals surface area contributed by atoms with E-state index in [0.29, 0.717) is 48.4 Å². The van der Waals surface area contributed by atoms with Crippen molar-refractivity contribution in [1.82, 2.24) is 19.4 Å². The van der Waals surface area contributed by atoms with E-state index in [0.717, 1.165) is 22.5 Å². The number of carbonyl (C=O) groups excluding carboxylic acids is 2. The molecular weight excluding hydrogens is 428 g/mol. The minimum Gasteiger partial charge on any atom is -0.332 e. The van der Waals surface area contributed by atoms with Gasteiger partial charge in [0.2, 0.25) is 0 Å². The Labute approximate surface area is 198 Å². The lowest BCUT2D eigenvalue weighted by Crippen LogP contribution is -2.39. The molecule has 0 aliphatic carbocycles. The van der Waals surface area contributed by atoms with Crippen LogP contribution in [0.3, 0.4) is 0 Å². The maximum absolute atomic E-state index is 13.6. The fraction of sp³-hybridized carbons (Fsp3) is 0.296. The van der Waals surface area contributed by atoms with E-state index in [-0.39, 0.29) is 17.2 Å². The summed E-state index contributed by atoms with van der Waals surface area (Å²) in [4.78, 5) is 48.7. The van der Waals surface area contributed by atoms with Gasteiger partial charge in [-0.05, 0) is 51.0 Å². The number of amides is 1. The number of ketones is 1. The maximum Gasteiger partial charge on any atom is 0.274 e. The Kier molecular flexibility index (Phi) is 6.54. The second kappa shape index (κ2) is 9.55. The third-order valence-corrected chi connectivity index (χ3v) is 6.02. The lowest BCUT2D eigenvalue weighted by molar-refractivity contribution is 0.0725. The van der Waals surface area contributed by atoms with Crippen LogP contribution in [0.15, 0.2) is 59.2 Å². The van der Waals surface area contributed by atoms with Crippen molar-refractivity contribution in [3.8, 4) is 11.1 Å². The molecule has 1 aliphatic rings. The minimum atomic E-state index is -0.180. The number of fused-ring (bicyclic) bond motifs is 1. The average Bonchev–Trinajstić information content (AvgIpc) is 2.82. The van der Waals surface area contributed by atoms with Crippen LogP contribution in [-0.2, 0) is 19.5 Å². The first-order valence-corrected chi connectivity index (χ1v) is 11.3. The SMILES string of the molecule is CC(=O)c1cccc(-c2cc3c(n(CC=C(C)C)c2=O)CCN(C(=O)c2cnc(C)cn2)C3)c1. The molecule has 0 saturated carbocycles. The number of hydrogen-bond donors (Lipinski definition) is 0. The Morgan fingerprint density at radius 1 is 1.09 bits per heavy atom. The van der Waals surface area contributed by atoms with Crippen LogP contribution in [-0.4, -0.2) is 37.7 Å². The summed E-state index contributed by atoms with van der Waals surface area (Å²) in [7, 11) is 0. The van der Waals surface area contributed by atoms with E-state index >= 15 is 0 Å². The van der Waals surface area contributed by atoms with Crippen LogP contribution < -0.4 is 5.56 Å². The summed E-state index contributed by atoms with van der Waals surface area (Å²) in [6.07, 6.45) is 5.68. The van der Waals surface area contributed by atoms with Crippen molar-refractivity contribution >= 4 is 11.7 Å². The highest BCUT2D eigenvalue weighted by Gasteiger charge is 2.26. The molecule has 0 saturated heterocycles. The van der Waals surface area contributed by atoms with Crippen LogP contribution in [0.4, 0.5) is 0 Å². The molecule has 7 nitrogen and oxygen atoms in total. The molecule has 0 unspecified atom stereocenters. The van der Waals surface area contributed by atoms with Crippen molar-refractivity contribution in [2.45, 2.75) is 47.2 Å². The van der Waals surface area contributed by atoms with E-state index in [4.69, 9.17) is 0 Å². The number of carbonyl (C=O) groups is 2. The number of allylic oxidation sites excluding steroid dienone is 2. The number of hydrogen-bond acceptors (Lipinski definition) is 5. The van der Waals surface area contributed by atoms with E-state index in [1.165, 1.54) is 13.1 Å². The summed E-state index contributed by atoms with van der Waals surface area (Å²) in [6, 6.07) is 9.00. The molecule has 0 N–H and O–H groups in total. The number of Topliss-reactive ketones (excluding diaryl/α,β-unsaturated/α-hetero) is 1. The third-order valence-electron chi connectivity index (χ3n) is 6.02. The van der Waals surface area contributed by atoms with Crippen LogP contribution >= 0.6 is 0 Å². The lowest BCUT2D eigenvalue weighted by atomic mass is 9.97. The molecule has 2 aromatic heterocycles. The Hall–Kier alpha value is -3.87. The Morgan fingerprint density at radius 2 is 1.88 bits per heavy atom. The first-order chi connectivity index (χ1) is 16.2. The zero-order valence-electron chi connectivity index (χ0n) is 20.0. The van der Waals surface area contributed by atoms with Gasteiger partial charge in [0.1, 0.15) is 5.69 Å². The Bertz CT molecular complexity index is 1350. The van der Waals surface area contributed by atoms with Crippen molar-refractivity contribution in [3.63, 3.8) is 0 Å². The normalized spacial score (nSPS) is 12.8. The van der Waals surface area contributed by atoms with Gasteiger partial charge in [-0.25, -0.2) is 4.98 Å². The summed E-state index contributed by atoms with van der Waals surface area (Å²) >= 11 is 0. The predicted molar refractivity (Wildman–Crippen MR) is 131 cm³/mol. The van der Waals surface area contributed by atoms with E-state index in [1.807, 2.05) is 39.0 Å². The number of benzene rings is 1. The molecule has 4 rings (SSSR count). The van der Waals surface area contributed by atoms with Crippen molar-refractivity contribution in [3.05, 3.63) is 92.9 Å². The Balaban J connectivity index is 1.79. The Morgan fingerprint density at radius 3 is 2.56 bits per heavy atom. The second-order valence-electron chi connectivity index (χ2n) is 8.88. The molecule has 0 spiro atoms. The molecule has 0 bridgehead atoms. The molecule has 0 atom stereocenters. The van der Waals surface area contributed by atoms with Gasteiger partial charge in [-0.2, -0.15) is 0 Å². The second-order valence-corrected chi connectivity index (χ2v) is 8.88. The highest BCUT2D eigenvalue weighted by molar-refractivity contribution is 5.95. The first kappa shape index (κ1) is 23.3. The molecule has 0 fully saturated rings. The number of rotatable bonds is 5. The average molecular weight is 457 g/mol. The highest BCUT2D eigenvalue weighted by atomic mass is 16.2. The van der Waals surface area contributed by atoms with Gasteiger partial charge in [0.25, 0.3) is 11.5 Å². The summed E-state index contributed by atoms with van der Waals surface area (Å²) in [5.41, 5.74) is 5.71. The van der Waals surface area contributed by atoms with Crippen LogP contribution in [0, 0.1) is 6.92 Å². The van der Waals surface area contributed by atoms with Crippen LogP contribution in [0.5, 0.6) is 0 Å². The topological polar surface area (TPSA) is 85.2 Å². The standard InChI is InChI=1S/C27H28N4O3/c1-17(2)8-11-31-25-9-10-30(27(34)24-15-28-18(3)14-29-24)16-22(25)13-23(26(31)33)21-7-5-6-20(12-21)19(4)32/h5-8,12-15H,9-11,16H2,1-4H3. The van der Waals surface area contributed by atoms with Crippen molar-refractivity contribution in [1.29, 1.82) is 0 Å². The summed E-state index contributed by atoms with van der Waals surface area (Å²) < 4.78 is 1.80. The quantitative estimate of drug-likeness (QED) is 0.428. The van der Waals surface area contributed by atoms with Crippen molar-refractivity contribution < 1.29 is 9.59 Å². The molecule has 7 heteroatoms. The summed E-state index contributed by atoms with van der Waals surface area (Å²) in [5, 5.41) is 0. The van der Waals surface area contributed by atoms with Gasteiger partial charge >= 0.3 is 0 Å². The summed E-state index contributed by atoms with van der Waals surface area (Å²) in [6.45, 7) is 8.67. The molecule has 34 heavy (non-hydrogen) atoms. The molecule has 3 heterocycles. The van der Waals surface area contributed by atoms with Gasteiger partial charge in [0.05, 0.1) is 11.9 Å². The number of aromatic nitrogens is 3. The van der Waals surface area contributed by atoms with Gasteiger partial charge in [0, 0.05) is 49.1 Å². The molecule has 1 amide bonds. The van der Waals surface area contributed by atoms with Gasteiger partial charge in [0.15, 0.2) is 5.78 Å². The highest BCUT2D eigenvalue weighted by Crippen LogP contribution is 2.25. The fourth-order valence-corrected chi connectivity index (χ4v) is 4.14. The van der Waals surface area contributed by atoms with E-state index < -0.39 is 0 Å². The zero-order chi connectivity index (χ0) is 24.4. The molecule has 3 aromatic rings. The minimum absolute atomic E-state index is 0.0549. The number of pyridine rings is 1. The number of aryl methyl sites for hydroxylation is 1. The van der Waals surface area contributed by atoms with Crippen molar-refractivity contribution in [2.75, 3.05) is 6.54 Å². The number of nitrogens with zero attached hydrogens (tertiary/aromatic N) is 4. The van der Waals surface area contributed by atoms with Crippen LogP contribution in [0.1, 0.15) is 58.6 Å². The van der Waals surface area contributed by atoms with E-state index in [1.54, 1.807) is 33.9 Å². The van der Waals surface area contributed by atoms with E-state index in [9.17, 15) is 14.4 Å². The molecular formula is C27H28N4O3. The first-order valence-electron chi connectivity index (χ1n) is 11.3.